The van der Waals surface area contributed by atoms with Gasteiger partial charge >= 0.3 is 0 Å². The molecule has 5 nitrogen and oxygen atoms in total. The van der Waals surface area contributed by atoms with E-state index < -0.39 is 0 Å². The molecule has 0 aliphatic carbocycles. The van der Waals surface area contributed by atoms with Crippen LogP contribution in [-0.2, 0) is 0 Å². The fourth-order valence-electron chi connectivity index (χ4n) is 3.70. The van der Waals surface area contributed by atoms with E-state index in [1.54, 1.807) is 0 Å². The molecule has 0 bridgehead atoms. The van der Waals surface area contributed by atoms with Gasteiger partial charge in [0.15, 0.2) is 5.96 Å². The molecule has 0 saturated carbocycles. The predicted molar refractivity (Wildman–Crippen MR) is 89.8 cm³/mol. The molecule has 5 heteroatoms. The van der Waals surface area contributed by atoms with Crippen LogP contribution in [0.2, 0.25) is 0 Å². The number of likely N-dealkylation sites (tertiary alicyclic amines) is 1. The van der Waals surface area contributed by atoms with Crippen molar-refractivity contribution in [3.05, 3.63) is 0 Å². The van der Waals surface area contributed by atoms with Crippen molar-refractivity contribution < 1.29 is 0 Å². The molecule has 1 N–H and O–H groups in total. The maximum Gasteiger partial charge on any atom is 0.193 e. The molecule has 2 rings (SSSR count). The van der Waals surface area contributed by atoms with Gasteiger partial charge in [-0.25, -0.2) is 0 Å². The van der Waals surface area contributed by atoms with E-state index >= 15 is 0 Å². The Morgan fingerprint density at radius 3 is 2.38 bits per heavy atom. The van der Waals surface area contributed by atoms with Crippen molar-refractivity contribution in [2.24, 2.45) is 16.8 Å². The molecule has 3 atom stereocenters. The van der Waals surface area contributed by atoms with Crippen molar-refractivity contribution >= 4 is 5.96 Å². The summed E-state index contributed by atoms with van der Waals surface area (Å²) in [5.41, 5.74) is 0. The van der Waals surface area contributed by atoms with E-state index in [2.05, 4.69) is 53.0 Å². The van der Waals surface area contributed by atoms with E-state index in [4.69, 9.17) is 0 Å². The Hall–Kier alpha value is -0.810. The van der Waals surface area contributed by atoms with E-state index in [0.717, 1.165) is 50.5 Å². The lowest BCUT2D eigenvalue weighted by Gasteiger charge is -2.40. The molecule has 3 unspecified atom stereocenters. The summed E-state index contributed by atoms with van der Waals surface area (Å²) in [6.45, 7) is 11.4. The molecule has 2 aliphatic heterocycles. The van der Waals surface area contributed by atoms with Gasteiger partial charge in [-0.1, -0.05) is 13.8 Å². The van der Waals surface area contributed by atoms with Crippen LogP contribution in [0, 0.1) is 11.8 Å². The van der Waals surface area contributed by atoms with Crippen LogP contribution in [0.25, 0.3) is 0 Å². The number of likely N-dealkylation sites (N-methyl/N-ethyl adjacent to an activating group) is 2. The number of rotatable bonds is 2. The Kier molecular flexibility index (Phi) is 5.88. The van der Waals surface area contributed by atoms with Crippen LogP contribution in [0.5, 0.6) is 0 Å². The molecule has 0 amide bonds. The van der Waals surface area contributed by atoms with E-state index in [1.807, 2.05) is 7.05 Å². The standard InChI is InChI=1S/C16H33N5/c1-13-8-14(2)11-21(10-13)16(17-3)18-9-15-12-19(4)6-7-20(15)5/h13-15H,6-12H2,1-5H3,(H,17,18). The lowest BCUT2D eigenvalue weighted by molar-refractivity contribution is 0.115. The van der Waals surface area contributed by atoms with Gasteiger partial charge in [-0.2, -0.15) is 0 Å². The third kappa shape index (κ3) is 4.58. The third-order valence-electron chi connectivity index (χ3n) is 4.86. The molecule has 0 radical (unpaired) electrons. The molecular formula is C16H33N5. The summed E-state index contributed by atoms with van der Waals surface area (Å²) in [6.07, 6.45) is 1.34. The maximum absolute atomic E-state index is 4.51. The van der Waals surface area contributed by atoms with Crippen LogP contribution in [0.15, 0.2) is 4.99 Å². The Labute approximate surface area is 130 Å². The average molecular weight is 295 g/mol. The zero-order chi connectivity index (χ0) is 15.4. The largest absolute Gasteiger partial charge is 0.355 e. The lowest BCUT2D eigenvalue weighted by Crippen LogP contribution is -2.56. The second kappa shape index (κ2) is 7.45. The summed E-state index contributed by atoms with van der Waals surface area (Å²) < 4.78 is 0. The van der Waals surface area contributed by atoms with Gasteiger partial charge in [-0.05, 0) is 32.4 Å². The number of hydrogen-bond acceptors (Lipinski definition) is 3. The van der Waals surface area contributed by atoms with E-state index in [9.17, 15) is 0 Å². The summed E-state index contributed by atoms with van der Waals surface area (Å²) in [7, 11) is 6.35. The van der Waals surface area contributed by atoms with Crippen LogP contribution in [0.3, 0.4) is 0 Å². The van der Waals surface area contributed by atoms with Gasteiger partial charge in [0.25, 0.3) is 0 Å². The maximum atomic E-state index is 4.51. The van der Waals surface area contributed by atoms with Crippen LogP contribution in [-0.4, -0.2) is 87.1 Å². The molecule has 0 aromatic rings. The van der Waals surface area contributed by atoms with Crippen LogP contribution >= 0.6 is 0 Å². The van der Waals surface area contributed by atoms with E-state index in [0.29, 0.717) is 6.04 Å². The highest BCUT2D eigenvalue weighted by Crippen LogP contribution is 2.20. The van der Waals surface area contributed by atoms with Gasteiger partial charge in [0.1, 0.15) is 0 Å². The highest BCUT2D eigenvalue weighted by molar-refractivity contribution is 5.80. The van der Waals surface area contributed by atoms with Crippen molar-refractivity contribution in [3.8, 4) is 0 Å². The molecular weight excluding hydrogens is 262 g/mol. The third-order valence-corrected chi connectivity index (χ3v) is 4.86. The number of hydrogen-bond donors (Lipinski definition) is 1. The minimum Gasteiger partial charge on any atom is -0.355 e. The summed E-state index contributed by atoms with van der Waals surface area (Å²) in [5, 5.41) is 3.61. The number of piperazine rings is 1. The fraction of sp³-hybridized carbons (Fsp3) is 0.938. The molecule has 21 heavy (non-hydrogen) atoms. The number of nitrogens with zero attached hydrogens (tertiary/aromatic N) is 4. The van der Waals surface area contributed by atoms with Crippen molar-refractivity contribution in [1.82, 2.24) is 20.0 Å². The van der Waals surface area contributed by atoms with Gasteiger partial charge in [0.2, 0.25) is 0 Å². The summed E-state index contributed by atoms with van der Waals surface area (Å²) in [4.78, 5) is 11.8. The zero-order valence-electron chi connectivity index (χ0n) is 14.5. The van der Waals surface area contributed by atoms with Gasteiger partial charge < -0.3 is 15.1 Å². The number of nitrogens with one attached hydrogen (secondary N) is 1. The Balaban J connectivity index is 1.87. The fourth-order valence-corrected chi connectivity index (χ4v) is 3.70. The first-order chi connectivity index (χ1) is 9.99. The highest BCUT2D eigenvalue weighted by atomic mass is 15.3. The predicted octanol–water partition coefficient (Wildman–Crippen LogP) is 0.786. The Bertz CT molecular complexity index is 347. The van der Waals surface area contributed by atoms with Crippen molar-refractivity contribution in [2.45, 2.75) is 26.3 Å². The van der Waals surface area contributed by atoms with Gasteiger partial charge in [0, 0.05) is 52.4 Å². The molecule has 2 aliphatic rings. The highest BCUT2D eigenvalue weighted by Gasteiger charge is 2.26. The quantitative estimate of drug-likeness (QED) is 0.603. The molecule has 0 spiro atoms. The first-order valence-electron chi connectivity index (χ1n) is 8.34. The Morgan fingerprint density at radius 1 is 1.10 bits per heavy atom. The molecule has 122 valence electrons. The second-order valence-corrected chi connectivity index (χ2v) is 7.18. The summed E-state index contributed by atoms with van der Waals surface area (Å²) in [5.74, 6) is 2.60. The lowest BCUT2D eigenvalue weighted by atomic mass is 9.92. The number of piperidine rings is 1. The summed E-state index contributed by atoms with van der Waals surface area (Å²) >= 11 is 0. The molecule has 2 fully saturated rings. The van der Waals surface area contributed by atoms with E-state index in [-0.39, 0.29) is 0 Å². The Morgan fingerprint density at radius 2 is 1.76 bits per heavy atom. The van der Waals surface area contributed by atoms with Crippen molar-refractivity contribution in [1.29, 1.82) is 0 Å². The number of aliphatic imine (C=N–C) groups is 1. The molecule has 0 aromatic carbocycles. The minimum atomic E-state index is 0.570. The topological polar surface area (TPSA) is 34.1 Å². The molecule has 2 heterocycles. The number of guanidine groups is 1. The van der Waals surface area contributed by atoms with Gasteiger partial charge in [0.05, 0.1) is 0 Å². The smallest absolute Gasteiger partial charge is 0.193 e. The molecule has 0 aromatic heterocycles. The normalized spacial score (nSPS) is 33.3. The minimum absolute atomic E-state index is 0.570. The van der Waals surface area contributed by atoms with E-state index in [1.165, 1.54) is 13.0 Å². The average Bonchev–Trinajstić information content (AvgIpc) is 2.42. The SMILES string of the molecule is CN=C(NCC1CN(C)CCN1C)N1CC(C)CC(C)C1. The van der Waals surface area contributed by atoms with Crippen molar-refractivity contribution in [3.63, 3.8) is 0 Å². The first kappa shape index (κ1) is 16.6. The van der Waals surface area contributed by atoms with Gasteiger partial charge in [-0.3, -0.25) is 9.89 Å². The van der Waals surface area contributed by atoms with Gasteiger partial charge in [-0.15, -0.1) is 0 Å². The molecule has 2 saturated heterocycles. The van der Waals surface area contributed by atoms with Crippen LogP contribution in [0.4, 0.5) is 0 Å². The van der Waals surface area contributed by atoms with Crippen LogP contribution < -0.4 is 5.32 Å². The first-order valence-corrected chi connectivity index (χ1v) is 8.34. The van der Waals surface area contributed by atoms with Crippen LogP contribution in [0.1, 0.15) is 20.3 Å². The second-order valence-electron chi connectivity index (χ2n) is 7.18. The monoisotopic (exact) mass is 295 g/mol. The zero-order valence-corrected chi connectivity index (χ0v) is 14.5. The van der Waals surface area contributed by atoms with Crippen molar-refractivity contribution in [2.75, 3.05) is 60.4 Å². The summed E-state index contributed by atoms with van der Waals surface area (Å²) in [6, 6.07) is 0.570.